The maximum absolute atomic E-state index is 13.0. The third-order valence-electron chi connectivity index (χ3n) is 4.45. The number of amides is 1. The van der Waals surface area contributed by atoms with Gasteiger partial charge in [-0.05, 0) is 36.8 Å². The van der Waals surface area contributed by atoms with Crippen molar-refractivity contribution in [1.82, 2.24) is 10.6 Å². The summed E-state index contributed by atoms with van der Waals surface area (Å²) in [7, 11) is 0. The standard InChI is InChI=1S/C22H28F3N3O3/c1-15(28-16(2)29)17-6-5-7-19(12-17)31-14-18(30)13-26-10-11-27-21-9-4-3-8-20(21)22(23,24)25/h3-9,12,15,18,26-27,30H,10-11,13-14H2,1-2H3,(H,28,29). The number of ether oxygens (including phenoxy) is 1. The molecule has 170 valence electrons. The number of anilines is 1. The first-order valence-electron chi connectivity index (χ1n) is 9.95. The Kier molecular flexibility index (Phi) is 9.14. The molecule has 0 aromatic heterocycles. The zero-order valence-corrected chi connectivity index (χ0v) is 17.5. The van der Waals surface area contributed by atoms with E-state index in [0.717, 1.165) is 11.6 Å². The molecule has 0 fully saturated rings. The zero-order valence-electron chi connectivity index (χ0n) is 17.5. The summed E-state index contributed by atoms with van der Waals surface area (Å²) >= 11 is 0. The summed E-state index contributed by atoms with van der Waals surface area (Å²) in [5, 5.41) is 18.6. The van der Waals surface area contributed by atoms with Gasteiger partial charge in [-0.25, -0.2) is 0 Å². The van der Waals surface area contributed by atoms with Crippen LogP contribution in [0.5, 0.6) is 5.75 Å². The van der Waals surface area contributed by atoms with E-state index in [9.17, 15) is 23.1 Å². The van der Waals surface area contributed by atoms with E-state index in [1.807, 2.05) is 13.0 Å². The summed E-state index contributed by atoms with van der Waals surface area (Å²) in [6.45, 7) is 4.22. The van der Waals surface area contributed by atoms with Crippen molar-refractivity contribution in [2.24, 2.45) is 0 Å². The molecule has 0 bridgehead atoms. The second kappa shape index (κ2) is 11.6. The molecule has 6 nitrogen and oxygen atoms in total. The predicted octanol–water partition coefficient (Wildman–Crippen LogP) is 3.34. The molecule has 0 saturated carbocycles. The summed E-state index contributed by atoms with van der Waals surface area (Å²) in [4.78, 5) is 11.2. The Hall–Kier alpha value is -2.78. The van der Waals surface area contributed by atoms with Gasteiger partial charge in [-0.3, -0.25) is 4.79 Å². The number of benzene rings is 2. The highest BCUT2D eigenvalue weighted by Crippen LogP contribution is 2.34. The number of hydrogen-bond acceptors (Lipinski definition) is 5. The molecule has 31 heavy (non-hydrogen) atoms. The largest absolute Gasteiger partial charge is 0.491 e. The van der Waals surface area contributed by atoms with Crippen molar-refractivity contribution in [2.75, 3.05) is 31.6 Å². The molecule has 2 aromatic rings. The lowest BCUT2D eigenvalue weighted by Gasteiger charge is -2.17. The molecule has 0 aliphatic heterocycles. The van der Waals surface area contributed by atoms with E-state index < -0.39 is 17.8 Å². The Morgan fingerprint density at radius 1 is 1.13 bits per heavy atom. The fourth-order valence-corrected chi connectivity index (χ4v) is 2.95. The van der Waals surface area contributed by atoms with E-state index in [0.29, 0.717) is 12.3 Å². The van der Waals surface area contributed by atoms with Gasteiger partial charge in [0.05, 0.1) is 11.6 Å². The number of carbonyl (C=O) groups is 1. The third kappa shape index (κ3) is 8.47. The van der Waals surface area contributed by atoms with Gasteiger partial charge in [-0.2, -0.15) is 13.2 Å². The summed E-state index contributed by atoms with van der Waals surface area (Å²) in [5.41, 5.74) is 0.193. The molecule has 4 N–H and O–H groups in total. The van der Waals surface area contributed by atoms with Crippen molar-refractivity contribution < 1.29 is 27.8 Å². The van der Waals surface area contributed by atoms with E-state index in [-0.39, 0.29) is 37.3 Å². The molecule has 0 heterocycles. The minimum absolute atomic E-state index is 0.0223. The average molecular weight is 439 g/mol. The van der Waals surface area contributed by atoms with Gasteiger partial charge in [0.25, 0.3) is 0 Å². The molecule has 0 saturated heterocycles. The van der Waals surface area contributed by atoms with Gasteiger partial charge >= 0.3 is 6.18 Å². The average Bonchev–Trinajstić information content (AvgIpc) is 2.71. The monoisotopic (exact) mass is 439 g/mol. The summed E-state index contributed by atoms with van der Waals surface area (Å²) in [5.74, 6) is 0.441. The molecule has 2 atom stereocenters. The SMILES string of the molecule is CC(=O)NC(C)c1cccc(OCC(O)CNCCNc2ccccc2C(F)(F)F)c1. The van der Waals surface area contributed by atoms with Crippen molar-refractivity contribution in [3.8, 4) is 5.75 Å². The lowest BCUT2D eigenvalue weighted by Crippen LogP contribution is -2.34. The van der Waals surface area contributed by atoms with Crippen LogP contribution in [0.1, 0.15) is 31.0 Å². The fraction of sp³-hybridized carbons (Fsp3) is 0.409. The van der Waals surface area contributed by atoms with E-state index in [2.05, 4.69) is 16.0 Å². The van der Waals surface area contributed by atoms with Crippen molar-refractivity contribution in [3.05, 3.63) is 59.7 Å². The van der Waals surface area contributed by atoms with Gasteiger partial charge in [0, 0.05) is 32.2 Å². The molecule has 0 spiro atoms. The summed E-state index contributed by atoms with van der Waals surface area (Å²) in [6.07, 6.45) is -5.21. The lowest BCUT2D eigenvalue weighted by atomic mass is 10.1. The Bertz CT molecular complexity index is 846. The summed E-state index contributed by atoms with van der Waals surface area (Å²) in [6, 6.07) is 12.4. The molecule has 0 aliphatic carbocycles. The Morgan fingerprint density at radius 3 is 2.58 bits per heavy atom. The number of carbonyl (C=O) groups excluding carboxylic acids is 1. The Labute approximate surface area is 179 Å². The second-order valence-electron chi connectivity index (χ2n) is 7.13. The number of para-hydroxylation sites is 1. The van der Waals surface area contributed by atoms with Crippen molar-refractivity contribution in [2.45, 2.75) is 32.2 Å². The van der Waals surface area contributed by atoms with Crippen molar-refractivity contribution in [3.63, 3.8) is 0 Å². The maximum atomic E-state index is 13.0. The van der Waals surface area contributed by atoms with Gasteiger partial charge in [0.15, 0.2) is 0 Å². The van der Waals surface area contributed by atoms with Gasteiger partial charge < -0.3 is 25.8 Å². The van der Waals surface area contributed by atoms with Crippen molar-refractivity contribution >= 4 is 11.6 Å². The molecule has 1 amide bonds. The highest BCUT2D eigenvalue weighted by atomic mass is 19.4. The van der Waals surface area contributed by atoms with Crippen LogP contribution in [0.2, 0.25) is 0 Å². The van der Waals surface area contributed by atoms with Gasteiger partial charge in [-0.1, -0.05) is 24.3 Å². The van der Waals surface area contributed by atoms with E-state index >= 15 is 0 Å². The highest BCUT2D eigenvalue weighted by molar-refractivity contribution is 5.73. The van der Waals surface area contributed by atoms with Crippen molar-refractivity contribution in [1.29, 1.82) is 0 Å². The van der Waals surface area contributed by atoms with Gasteiger partial charge in [0.2, 0.25) is 5.91 Å². The fourth-order valence-electron chi connectivity index (χ4n) is 2.95. The second-order valence-corrected chi connectivity index (χ2v) is 7.13. The molecule has 2 unspecified atom stereocenters. The first kappa shape index (κ1) is 24.5. The number of rotatable bonds is 11. The number of aliphatic hydroxyl groups excluding tert-OH is 1. The predicted molar refractivity (Wildman–Crippen MR) is 113 cm³/mol. The van der Waals surface area contributed by atoms with Crippen LogP contribution in [0.15, 0.2) is 48.5 Å². The first-order chi connectivity index (χ1) is 14.7. The van der Waals surface area contributed by atoms with Crippen LogP contribution in [0, 0.1) is 0 Å². The van der Waals surface area contributed by atoms with Gasteiger partial charge in [0.1, 0.15) is 18.5 Å². The van der Waals surface area contributed by atoms with Gasteiger partial charge in [-0.15, -0.1) is 0 Å². The minimum atomic E-state index is -4.41. The molecule has 9 heteroatoms. The maximum Gasteiger partial charge on any atom is 0.418 e. The zero-order chi connectivity index (χ0) is 22.9. The Balaban J connectivity index is 1.70. The first-order valence-corrected chi connectivity index (χ1v) is 9.95. The van der Waals surface area contributed by atoms with Crippen LogP contribution in [0.3, 0.4) is 0 Å². The van der Waals surface area contributed by atoms with Crippen LogP contribution in [0.25, 0.3) is 0 Å². The molecule has 0 aliphatic rings. The number of hydrogen-bond donors (Lipinski definition) is 4. The number of alkyl halides is 3. The minimum Gasteiger partial charge on any atom is -0.491 e. The van der Waals surface area contributed by atoms with Crippen LogP contribution in [-0.4, -0.2) is 43.4 Å². The van der Waals surface area contributed by atoms with Crippen LogP contribution in [0.4, 0.5) is 18.9 Å². The quantitative estimate of drug-likeness (QED) is 0.404. The van der Waals surface area contributed by atoms with Crippen LogP contribution >= 0.6 is 0 Å². The molecule has 0 radical (unpaired) electrons. The smallest absolute Gasteiger partial charge is 0.418 e. The number of halogens is 3. The van der Waals surface area contributed by atoms with Crippen LogP contribution in [-0.2, 0) is 11.0 Å². The molecule has 2 aromatic carbocycles. The third-order valence-corrected chi connectivity index (χ3v) is 4.45. The van der Waals surface area contributed by atoms with E-state index in [1.54, 1.807) is 18.2 Å². The molecular formula is C22H28F3N3O3. The highest BCUT2D eigenvalue weighted by Gasteiger charge is 2.32. The normalized spacial score (nSPS) is 13.4. The van der Waals surface area contributed by atoms with Crippen LogP contribution < -0.4 is 20.7 Å². The topological polar surface area (TPSA) is 82.6 Å². The number of nitrogens with one attached hydrogen (secondary N) is 3. The molecular weight excluding hydrogens is 411 g/mol. The van der Waals surface area contributed by atoms with E-state index in [4.69, 9.17) is 4.74 Å². The number of aliphatic hydroxyl groups is 1. The van der Waals surface area contributed by atoms with E-state index in [1.165, 1.54) is 25.1 Å². The summed E-state index contributed by atoms with van der Waals surface area (Å²) < 4.78 is 44.5. The molecule has 2 rings (SSSR count). The lowest BCUT2D eigenvalue weighted by molar-refractivity contribution is -0.137. The Morgan fingerprint density at radius 2 is 1.87 bits per heavy atom.